The topological polar surface area (TPSA) is 87.0 Å². The van der Waals surface area contributed by atoms with Gasteiger partial charge in [0.1, 0.15) is 5.82 Å². The zero-order chi connectivity index (χ0) is 23.5. The number of carbonyl (C=O) groups excluding carboxylic acids is 1. The number of anilines is 1. The summed E-state index contributed by atoms with van der Waals surface area (Å²) in [7, 11) is -3.91. The molecule has 174 valence electrons. The van der Waals surface area contributed by atoms with Gasteiger partial charge in [0.15, 0.2) is 5.78 Å². The van der Waals surface area contributed by atoms with Crippen LogP contribution in [0.3, 0.4) is 0 Å². The summed E-state index contributed by atoms with van der Waals surface area (Å²) < 4.78 is 43.6. The molecule has 1 heterocycles. The molecule has 1 fully saturated rings. The van der Waals surface area contributed by atoms with E-state index in [1.807, 2.05) is 0 Å². The molecule has 10 heteroatoms. The molecule has 3 rings (SSSR count). The second-order valence-corrected chi connectivity index (χ2v) is 10.2. The number of nitrogens with two attached hydrogens (primary N) is 1. The van der Waals surface area contributed by atoms with Gasteiger partial charge in [-0.05, 0) is 37.6 Å². The summed E-state index contributed by atoms with van der Waals surface area (Å²) in [5, 5.41) is -0.156. The number of carbonyl (C=O) groups is 1. The first kappa shape index (κ1) is 24.6. The molecule has 0 bridgehead atoms. The third kappa shape index (κ3) is 5.47. The summed E-state index contributed by atoms with van der Waals surface area (Å²) in [6.45, 7) is 6.04. The SMILES string of the molecule is CC(C)N1CCN(S(=O)(=O)N(Cc2ccc(C(=O)CN)cc2)c2ccc(F)c(Cl)c2)CC1. The van der Waals surface area contributed by atoms with Crippen LogP contribution in [-0.2, 0) is 16.8 Å². The van der Waals surface area contributed by atoms with Gasteiger partial charge in [0, 0.05) is 37.8 Å². The van der Waals surface area contributed by atoms with Crippen LogP contribution >= 0.6 is 11.6 Å². The summed E-state index contributed by atoms with van der Waals surface area (Å²) in [6, 6.07) is 10.8. The zero-order valence-corrected chi connectivity index (χ0v) is 19.7. The van der Waals surface area contributed by atoms with Gasteiger partial charge >= 0.3 is 10.2 Å². The highest BCUT2D eigenvalue weighted by Gasteiger charge is 2.33. The molecule has 2 aromatic rings. The van der Waals surface area contributed by atoms with Gasteiger partial charge in [-0.25, -0.2) is 4.39 Å². The molecule has 1 saturated heterocycles. The molecule has 0 aliphatic carbocycles. The Morgan fingerprint density at radius 3 is 2.28 bits per heavy atom. The number of Topliss-reactive ketones (excluding diaryl/α,β-unsaturated/α-hetero) is 1. The molecule has 1 aliphatic rings. The highest BCUT2D eigenvalue weighted by atomic mass is 35.5. The Bertz CT molecular complexity index is 1060. The number of halogens is 2. The highest BCUT2D eigenvalue weighted by Crippen LogP contribution is 2.28. The average Bonchev–Trinajstić information content (AvgIpc) is 2.79. The fourth-order valence-electron chi connectivity index (χ4n) is 3.62. The molecule has 0 atom stereocenters. The molecule has 0 aromatic heterocycles. The van der Waals surface area contributed by atoms with E-state index in [1.165, 1.54) is 20.7 Å². The number of rotatable bonds is 8. The van der Waals surface area contributed by atoms with Crippen molar-refractivity contribution in [1.82, 2.24) is 9.21 Å². The maximum Gasteiger partial charge on any atom is 0.304 e. The molecule has 0 saturated carbocycles. The van der Waals surface area contributed by atoms with Crippen LogP contribution in [0, 0.1) is 5.82 Å². The van der Waals surface area contributed by atoms with E-state index < -0.39 is 16.0 Å². The van der Waals surface area contributed by atoms with E-state index in [-0.39, 0.29) is 29.6 Å². The standard InChI is InChI=1S/C22H28ClFN4O3S/c1-16(2)26-9-11-27(12-10-26)32(30,31)28(19-7-8-21(24)20(23)13-19)15-17-3-5-18(6-4-17)22(29)14-25/h3-8,13,16H,9-12,14-15,25H2,1-2H3. The summed E-state index contributed by atoms with van der Waals surface area (Å²) in [5.74, 6) is -0.822. The number of piperazine rings is 1. The Morgan fingerprint density at radius 1 is 1.12 bits per heavy atom. The van der Waals surface area contributed by atoms with Gasteiger partial charge in [0.05, 0.1) is 23.8 Å². The van der Waals surface area contributed by atoms with Crippen molar-refractivity contribution in [2.75, 3.05) is 37.0 Å². The first-order chi connectivity index (χ1) is 15.1. The minimum atomic E-state index is -3.91. The van der Waals surface area contributed by atoms with Gasteiger partial charge < -0.3 is 5.73 Å². The molecule has 0 amide bonds. The smallest absolute Gasteiger partial charge is 0.304 e. The van der Waals surface area contributed by atoms with Crippen molar-refractivity contribution in [2.45, 2.75) is 26.4 Å². The molecule has 2 aromatic carbocycles. The third-order valence-electron chi connectivity index (χ3n) is 5.59. The van der Waals surface area contributed by atoms with Crippen molar-refractivity contribution in [1.29, 1.82) is 0 Å². The van der Waals surface area contributed by atoms with Crippen molar-refractivity contribution >= 4 is 33.3 Å². The van der Waals surface area contributed by atoms with Gasteiger partial charge in [-0.3, -0.25) is 14.0 Å². The molecule has 7 nitrogen and oxygen atoms in total. The Labute approximate surface area is 193 Å². The van der Waals surface area contributed by atoms with Crippen LogP contribution in [0.25, 0.3) is 0 Å². The average molecular weight is 483 g/mol. The summed E-state index contributed by atoms with van der Waals surface area (Å²) in [6.07, 6.45) is 0. The van der Waals surface area contributed by atoms with Crippen molar-refractivity contribution in [3.05, 3.63) is 64.4 Å². The van der Waals surface area contributed by atoms with Crippen molar-refractivity contribution in [2.24, 2.45) is 5.73 Å². The predicted octanol–water partition coefficient (Wildman–Crippen LogP) is 2.90. The van der Waals surface area contributed by atoms with E-state index in [9.17, 15) is 17.6 Å². The van der Waals surface area contributed by atoms with Crippen molar-refractivity contribution in [3.63, 3.8) is 0 Å². The van der Waals surface area contributed by atoms with Gasteiger partial charge in [-0.1, -0.05) is 35.9 Å². The Morgan fingerprint density at radius 2 is 1.75 bits per heavy atom. The highest BCUT2D eigenvalue weighted by molar-refractivity contribution is 7.90. The summed E-state index contributed by atoms with van der Waals surface area (Å²) in [5.41, 5.74) is 6.80. The Hall–Kier alpha value is -2.04. The van der Waals surface area contributed by atoms with Gasteiger partial charge in [0.25, 0.3) is 0 Å². The van der Waals surface area contributed by atoms with Gasteiger partial charge in [-0.2, -0.15) is 12.7 Å². The van der Waals surface area contributed by atoms with Crippen LogP contribution in [0.15, 0.2) is 42.5 Å². The second-order valence-electron chi connectivity index (χ2n) is 7.97. The van der Waals surface area contributed by atoms with E-state index >= 15 is 0 Å². The number of hydrogen-bond donors (Lipinski definition) is 1. The number of hydrogen-bond acceptors (Lipinski definition) is 5. The summed E-state index contributed by atoms with van der Waals surface area (Å²) >= 11 is 5.96. The van der Waals surface area contributed by atoms with Gasteiger partial charge in [-0.15, -0.1) is 0 Å². The lowest BCUT2D eigenvalue weighted by Gasteiger charge is -2.39. The van der Waals surface area contributed by atoms with E-state index in [0.29, 0.717) is 43.3 Å². The van der Waals surface area contributed by atoms with Crippen LogP contribution in [0.1, 0.15) is 29.8 Å². The minimum Gasteiger partial charge on any atom is -0.324 e. The van der Waals surface area contributed by atoms with Crippen molar-refractivity contribution in [3.8, 4) is 0 Å². The molecular formula is C22H28ClFN4O3S. The number of benzene rings is 2. The quantitative estimate of drug-likeness (QED) is 0.584. The second kappa shape index (κ2) is 10.3. The Kier molecular flexibility index (Phi) is 7.89. The third-order valence-corrected chi connectivity index (χ3v) is 7.79. The first-order valence-corrected chi connectivity index (χ1v) is 12.2. The van der Waals surface area contributed by atoms with Crippen LogP contribution in [-0.4, -0.2) is 62.2 Å². The molecule has 1 aliphatic heterocycles. The lowest BCUT2D eigenvalue weighted by molar-refractivity contribution is 0.100. The predicted molar refractivity (Wildman–Crippen MR) is 125 cm³/mol. The Balaban J connectivity index is 1.92. The fourth-order valence-corrected chi connectivity index (χ4v) is 5.39. The van der Waals surface area contributed by atoms with E-state index in [4.69, 9.17) is 17.3 Å². The molecular weight excluding hydrogens is 455 g/mol. The maximum atomic E-state index is 13.8. The van der Waals surface area contributed by atoms with E-state index in [0.717, 1.165) is 6.07 Å². The normalized spacial score (nSPS) is 15.8. The maximum absolute atomic E-state index is 13.8. The molecule has 32 heavy (non-hydrogen) atoms. The summed E-state index contributed by atoms with van der Waals surface area (Å²) in [4.78, 5) is 14.0. The molecule has 0 spiro atoms. The molecule has 0 radical (unpaired) electrons. The fraction of sp³-hybridized carbons (Fsp3) is 0.409. The van der Waals surface area contributed by atoms with E-state index in [2.05, 4.69) is 18.7 Å². The first-order valence-electron chi connectivity index (χ1n) is 10.4. The van der Waals surface area contributed by atoms with Crippen LogP contribution < -0.4 is 10.0 Å². The van der Waals surface area contributed by atoms with Crippen molar-refractivity contribution < 1.29 is 17.6 Å². The van der Waals surface area contributed by atoms with E-state index in [1.54, 1.807) is 24.3 Å². The molecule has 2 N–H and O–H groups in total. The van der Waals surface area contributed by atoms with Crippen LogP contribution in [0.2, 0.25) is 5.02 Å². The largest absolute Gasteiger partial charge is 0.324 e. The minimum absolute atomic E-state index is 0.00574. The number of nitrogens with zero attached hydrogens (tertiary/aromatic N) is 3. The lowest BCUT2D eigenvalue weighted by atomic mass is 10.1. The molecule has 0 unspecified atom stereocenters. The number of ketones is 1. The van der Waals surface area contributed by atoms with Gasteiger partial charge in [0.2, 0.25) is 0 Å². The lowest BCUT2D eigenvalue weighted by Crippen LogP contribution is -2.54. The van der Waals surface area contributed by atoms with Crippen LogP contribution in [0.5, 0.6) is 0 Å². The monoisotopic (exact) mass is 482 g/mol. The zero-order valence-electron chi connectivity index (χ0n) is 18.2. The van der Waals surface area contributed by atoms with Crippen LogP contribution in [0.4, 0.5) is 10.1 Å².